The van der Waals surface area contributed by atoms with Gasteiger partial charge in [-0.25, -0.2) is 0 Å². The Morgan fingerprint density at radius 2 is 1.05 bits per heavy atom. The smallest absolute Gasteiger partial charge is 0.131 e. The first-order chi connectivity index (χ1) is 17.5. The molecule has 1 aliphatic rings. The molecular weight excluding hydrogens is 464 g/mol. The zero-order valence-electron chi connectivity index (χ0n) is 23.8. The third kappa shape index (κ3) is 4.92. The van der Waals surface area contributed by atoms with Crippen molar-refractivity contribution in [2.45, 2.75) is 73.9 Å². The van der Waals surface area contributed by atoms with E-state index in [1.54, 1.807) is 0 Å². The van der Waals surface area contributed by atoms with Gasteiger partial charge in [-0.1, -0.05) is 72.0 Å². The van der Waals surface area contributed by atoms with Gasteiger partial charge in [0.15, 0.2) is 0 Å². The molecule has 0 aromatic heterocycles. The first-order valence-corrected chi connectivity index (χ1v) is 16.6. The van der Waals surface area contributed by atoms with Crippen molar-refractivity contribution in [2.24, 2.45) is 0 Å². The fraction of sp³-hybridized carbons (Fsp3) is 0.314. The predicted octanol–water partition coefficient (Wildman–Crippen LogP) is 7.84. The lowest BCUT2D eigenvalue weighted by molar-refractivity contribution is 0.458. The SMILES string of the molecule is Cc1ccc([Si](C)(C)c2ccc(CCc3cc4c(cc3C)Oc3cc(C)c(C)cc3C4)c(C)c2)cc1C. The average Bonchev–Trinajstić information content (AvgIpc) is 2.85. The summed E-state index contributed by atoms with van der Waals surface area (Å²) in [6.07, 6.45) is 3.06. The van der Waals surface area contributed by atoms with E-state index in [4.69, 9.17) is 4.74 Å². The van der Waals surface area contributed by atoms with E-state index in [2.05, 4.69) is 115 Å². The molecule has 0 saturated heterocycles. The summed E-state index contributed by atoms with van der Waals surface area (Å²) in [5.74, 6) is 2.04. The van der Waals surface area contributed by atoms with Gasteiger partial charge in [-0.3, -0.25) is 0 Å². The van der Waals surface area contributed by atoms with Crippen LogP contribution in [0.4, 0.5) is 0 Å². The van der Waals surface area contributed by atoms with Crippen LogP contribution in [-0.2, 0) is 19.3 Å². The number of hydrogen-bond acceptors (Lipinski definition) is 1. The second kappa shape index (κ2) is 9.65. The molecular formula is C35H40OSi. The van der Waals surface area contributed by atoms with Crippen molar-refractivity contribution >= 4 is 18.4 Å². The maximum atomic E-state index is 6.33. The van der Waals surface area contributed by atoms with E-state index < -0.39 is 8.07 Å². The van der Waals surface area contributed by atoms with E-state index in [1.165, 1.54) is 66.0 Å². The Kier molecular flexibility index (Phi) is 6.66. The second-order valence-corrected chi connectivity index (χ2v) is 16.2. The summed E-state index contributed by atoms with van der Waals surface area (Å²) in [5, 5.41) is 3.03. The number of hydrogen-bond donors (Lipinski definition) is 0. The largest absolute Gasteiger partial charge is 0.457 e. The van der Waals surface area contributed by atoms with Crippen molar-refractivity contribution in [3.63, 3.8) is 0 Å². The predicted molar refractivity (Wildman–Crippen MR) is 161 cm³/mol. The number of rotatable bonds is 5. The number of ether oxygens (including phenoxy) is 1. The minimum absolute atomic E-state index is 0.949. The maximum absolute atomic E-state index is 6.33. The highest BCUT2D eigenvalue weighted by molar-refractivity contribution is 7.00. The van der Waals surface area contributed by atoms with Crippen LogP contribution < -0.4 is 15.1 Å². The Hall–Kier alpha value is -3.10. The number of fused-ring (bicyclic) bond motifs is 2. The summed E-state index contributed by atoms with van der Waals surface area (Å²) in [4.78, 5) is 0. The van der Waals surface area contributed by atoms with E-state index in [0.29, 0.717) is 0 Å². The van der Waals surface area contributed by atoms with Gasteiger partial charge in [0.1, 0.15) is 19.6 Å². The van der Waals surface area contributed by atoms with Gasteiger partial charge in [0.05, 0.1) is 0 Å². The van der Waals surface area contributed by atoms with Crippen LogP contribution in [0.1, 0.15) is 55.6 Å². The van der Waals surface area contributed by atoms with Crippen LogP contribution in [0.25, 0.3) is 0 Å². The molecule has 0 fully saturated rings. The van der Waals surface area contributed by atoms with Crippen molar-refractivity contribution in [3.8, 4) is 11.5 Å². The van der Waals surface area contributed by atoms with E-state index in [-0.39, 0.29) is 0 Å². The molecule has 4 aromatic rings. The molecule has 0 spiro atoms. The maximum Gasteiger partial charge on any atom is 0.131 e. The monoisotopic (exact) mass is 504 g/mol. The van der Waals surface area contributed by atoms with Gasteiger partial charge < -0.3 is 4.74 Å². The lowest BCUT2D eigenvalue weighted by Crippen LogP contribution is -2.53. The standard InChI is InChI=1S/C35H40OSi/c1-22-9-13-32(16-24(22)3)37(7,8)33-14-12-28(26(5)17-33)10-11-29-20-31-21-30-15-23(2)25(4)18-34(30)36-35(31)19-27(29)6/h9,12-20H,10-11,21H2,1-8H3. The van der Waals surface area contributed by atoms with Gasteiger partial charge >= 0.3 is 0 Å². The van der Waals surface area contributed by atoms with Crippen LogP contribution in [0.3, 0.4) is 0 Å². The Balaban J connectivity index is 1.34. The van der Waals surface area contributed by atoms with E-state index in [0.717, 1.165) is 30.8 Å². The van der Waals surface area contributed by atoms with Crippen LogP contribution in [0.15, 0.2) is 60.7 Å². The molecule has 0 N–H and O–H groups in total. The summed E-state index contributed by atoms with van der Waals surface area (Å²) in [6, 6.07) is 23.4. The van der Waals surface area contributed by atoms with Gasteiger partial charge in [0.2, 0.25) is 0 Å². The van der Waals surface area contributed by atoms with Gasteiger partial charge in [-0.15, -0.1) is 0 Å². The summed E-state index contributed by atoms with van der Waals surface area (Å²) in [6.45, 7) is 18.2. The van der Waals surface area contributed by atoms with Crippen LogP contribution in [0, 0.1) is 41.5 Å². The fourth-order valence-corrected chi connectivity index (χ4v) is 8.11. The number of aryl methyl sites for hydroxylation is 8. The third-order valence-electron chi connectivity index (χ3n) is 8.75. The summed E-state index contributed by atoms with van der Waals surface area (Å²) in [5.41, 5.74) is 13.6. The lowest BCUT2D eigenvalue weighted by atomic mass is 9.91. The minimum Gasteiger partial charge on any atom is -0.457 e. The van der Waals surface area contributed by atoms with E-state index in [9.17, 15) is 0 Å². The van der Waals surface area contributed by atoms with Crippen LogP contribution >= 0.6 is 0 Å². The summed E-state index contributed by atoms with van der Waals surface area (Å²) < 4.78 is 6.33. The molecule has 0 amide bonds. The molecule has 0 radical (unpaired) electrons. The number of benzene rings is 4. The molecule has 0 bridgehead atoms. The molecule has 0 saturated carbocycles. The van der Waals surface area contributed by atoms with Gasteiger partial charge in [-0.05, 0) is 122 Å². The van der Waals surface area contributed by atoms with E-state index >= 15 is 0 Å². The fourth-order valence-electron chi connectivity index (χ4n) is 5.62. The second-order valence-electron chi connectivity index (χ2n) is 11.8. The van der Waals surface area contributed by atoms with Crippen LogP contribution in [0.5, 0.6) is 11.5 Å². The Morgan fingerprint density at radius 3 is 1.73 bits per heavy atom. The Bertz CT molecular complexity index is 1510. The van der Waals surface area contributed by atoms with Crippen LogP contribution in [-0.4, -0.2) is 8.07 Å². The first-order valence-electron chi connectivity index (χ1n) is 13.6. The van der Waals surface area contributed by atoms with Crippen molar-refractivity contribution < 1.29 is 4.74 Å². The molecule has 1 nitrogen and oxygen atoms in total. The normalized spacial score (nSPS) is 12.6. The van der Waals surface area contributed by atoms with Crippen molar-refractivity contribution in [2.75, 3.05) is 0 Å². The van der Waals surface area contributed by atoms with Crippen molar-refractivity contribution in [1.82, 2.24) is 0 Å². The Morgan fingerprint density at radius 1 is 0.541 bits per heavy atom. The molecule has 4 aromatic carbocycles. The zero-order valence-corrected chi connectivity index (χ0v) is 24.8. The molecule has 1 aliphatic heterocycles. The molecule has 1 heterocycles. The highest BCUT2D eigenvalue weighted by atomic mass is 28.3. The molecule has 190 valence electrons. The van der Waals surface area contributed by atoms with Gasteiger partial charge in [0.25, 0.3) is 0 Å². The molecule has 5 rings (SSSR count). The quantitative estimate of drug-likeness (QED) is 0.222. The molecule has 0 atom stereocenters. The summed E-state index contributed by atoms with van der Waals surface area (Å²) in [7, 11) is -1.73. The van der Waals surface area contributed by atoms with Gasteiger partial charge in [0, 0.05) is 6.42 Å². The summed E-state index contributed by atoms with van der Waals surface area (Å²) >= 11 is 0. The zero-order chi connectivity index (χ0) is 26.5. The van der Waals surface area contributed by atoms with Crippen LogP contribution in [0.2, 0.25) is 13.1 Å². The first kappa shape index (κ1) is 25.5. The topological polar surface area (TPSA) is 9.23 Å². The minimum atomic E-state index is -1.73. The van der Waals surface area contributed by atoms with Crippen molar-refractivity contribution in [1.29, 1.82) is 0 Å². The third-order valence-corrected chi connectivity index (χ3v) is 12.3. The van der Waals surface area contributed by atoms with Gasteiger partial charge in [-0.2, -0.15) is 0 Å². The average molecular weight is 505 g/mol. The molecule has 2 heteroatoms. The van der Waals surface area contributed by atoms with Crippen molar-refractivity contribution in [3.05, 3.63) is 116 Å². The molecule has 0 aliphatic carbocycles. The molecule has 0 unspecified atom stereocenters. The highest BCUT2D eigenvalue weighted by Crippen LogP contribution is 2.39. The Labute approximate surface area is 224 Å². The molecule has 37 heavy (non-hydrogen) atoms. The van der Waals surface area contributed by atoms with E-state index in [1.807, 2.05) is 0 Å². The lowest BCUT2D eigenvalue weighted by Gasteiger charge is -2.26. The highest BCUT2D eigenvalue weighted by Gasteiger charge is 2.27.